The number of hydrogen-bond donors (Lipinski definition) is 1. The molecule has 0 saturated carbocycles. The van der Waals surface area contributed by atoms with Gasteiger partial charge >= 0.3 is 0 Å². The Morgan fingerprint density at radius 1 is 1.31 bits per heavy atom. The van der Waals surface area contributed by atoms with E-state index in [9.17, 15) is 4.21 Å². The maximum atomic E-state index is 11.3. The Hall–Kier alpha value is -0.480. The molecule has 2 nitrogen and oxygen atoms in total. The van der Waals surface area contributed by atoms with Gasteiger partial charge in [0, 0.05) is 38.9 Å². The molecule has 1 saturated heterocycles. The standard InChI is InChI=1S/C12H17NOS2/c1-15-12-5-3-2-4-11(12)13-10-6-8-16(14)9-7-10/h2-5,10,13H,6-9H2,1H3. The van der Waals surface area contributed by atoms with Crippen LogP contribution in [0.5, 0.6) is 0 Å². The maximum absolute atomic E-state index is 11.3. The van der Waals surface area contributed by atoms with Crippen LogP contribution in [0.3, 0.4) is 0 Å². The van der Waals surface area contributed by atoms with E-state index in [1.165, 1.54) is 10.6 Å². The average molecular weight is 255 g/mol. The Morgan fingerprint density at radius 3 is 2.69 bits per heavy atom. The molecule has 1 heterocycles. The van der Waals surface area contributed by atoms with Gasteiger partial charge in [-0.2, -0.15) is 0 Å². The fourth-order valence-corrected chi connectivity index (χ4v) is 3.78. The molecule has 0 radical (unpaired) electrons. The molecule has 16 heavy (non-hydrogen) atoms. The second-order valence-corrected chi connectivity index (χ2v) is 6.51. The van der Waals surface area contributed by atoms with Crippen molar-refractivity contribution in [2.24, 2.45) is 0 Å². The SMILES string of the molecule is CSc1ccccc1NC1CCS(=O)CC1. The van der Waals surface area contributed by atoms with Gasteiger partial charge in [0.2, 0.25) is 0 Å². The summed E-state index contributed by atoms with van der Waals surface area (Å²) in [4.78, 5) is 1.29. The first-order valence-corrected chi connectivity index (χ1v) is 8.25. The van der Waals surface area contributed by atoms with Crippen molar-refractivity contribution < 1.29 is 4.21 Å². The van der Waals surface area contributed by atoms with E-state index in [0.29, 0.717) is 6.04 Å². The molecule has 1 aliphatic rings. The average Bonchev–Trinajstić information content (AvgIpc) is 2.33. The topological polar surface area (TPSA) is 29.1 Å². The van der Waals surface area contributed by atoms with Crippen LogP contribution in [0.15, 0.2) is 29.2 Å². The second kappa shape index (κ2) is 5.73. The van der Waals surface area contributed by atoms with Gasteiger partial charge in [0.25, 0.3) is 0 Å². The lowest BCUT2D eigenvalue weighted by Crippen LogP contribution is -2.29. The summed E-state index contributed by atoms with van der Waals surface area (Å²) in [5.41, 5.74) is 1.22. The summed E-state index contributed by atoms with van der Waals surface area (Å²) in [6, 6.07) is 8.87. The van der Waals surface area contributed by atoms with Gasteiger partial charge in [-0.15, -0.1) is 11.8 Å². The minimum absolute atomic E-state index is 0.492. The van der Waals surface area contributed by atoms with Gasteiger partial charge in [-0.25, -0.2) is 0 Å². The number of hydrogen-bond acceptors (Lipinski definition) is 3. The lowest BCUT2D eigenvalue weighted by atomic mass is 10.1. The molecular formula is C12H17NOS2. The molecule has 2 rings (SSSR count). The van der Waals surface area contributed by atoms with Crippen LogP contribution in [0.2, 0.25) is 0 Å². The summed E-state index contributed by atoms with van der Waals surface area (Å²) in [6.45, 7) is 0. The number of anilines is 1. The molecule has 1 N–H and O–H groups in total. The Bertz CT molecular complexity index is 371. The number of benzene rings is 1. The molecule has 0 amide bonds. The predicted octanol–water partition coefficient (Wildman–Crippen LogP) is 2.73. The molecule has 1 aromatic rings. The van der Waals surface area contributed by atoms with Crippen molar-refractivity contribution in [3.05, 3.63) is 24.3 Å². The van der Waals surface area contributed by atoms with E-state index in [2.05, 4.69) is 35.8 Å². The third kappa shape index (κ3) is 3.01. The van der Waals surface area contributed by atoms with E-state index >= 15 is 0 Å². The van der Waals surface area contributed by atoms with Crippen LogP contribution in [0.1, 0.15) is 12.8 Å². The van der Waals surface area contributed by atoms with Crippen molar-refractivity contribution in [2.45, 2.75) is 23.8 Å². The smallest absolute Gasteiger partial charge is 0.0480 e. The molecule has 0 aliphatic carbocycles. The molecule has 0 aromatic heterocycles. The van der Waals surface area contributed by atoms with Crippen LogP contribution >= 0.6 is 11.8 Å². The van der Waals surface area contributed by atoms with E-state index in [1.807, 2.05) is 0 Å². The van der Waals surface area contributed by atoms with Crippen LogP contribution in [0.4, 0.5) is 5.69 Å². The summed E-state index contributed by atoms with van der Waals surface area (Å²) in [5.74, 6) is 1.69. The lowest BCUT2D eigenvalue weighted by Gasteiger charge is -2.24. The minimum atomic E-state index is -0.571. The molecule has 1 aromatic carbocycles. The molecule has 0 bridgehead atoms. The summed E-state index contributed by atoms with van der Waals surface area (Å²) in [5, 5.41) is 3.57. The van der Waals surface area contributed by atoms with Gasteiger partial charge in [-0.3, -0.25) is 4.21 Å². The van der Waals surface area contributed by atoms with Gasteiger partial charge in [-0.05, 0) is 31.2 Å². The minimum Gasteiger partial charge on any atom is -0.381 e. The first kappa shape index (κ1) is 12.0. The third-order valence-electron chi connectivity index (χ3n) is 2.85. The highest BCUT2D eigenvalue weighted by molar-refractivity contribution is 7.98. The predicted molar refractivity (Wildman–Crippen MR) is 72.7 cm³/mol. The zero-order valence-corrected chi connectivity index (χ0v) is 11.1. The number of rotatable bonds is 3. The number of thioether (sulfide) groups is 1. The first-order chi connectivity index (χ1) is 7.79. The van der Waals surface area contributed by atoms with Crippen molar-refractivity contribution >= 4 is 28.2 Å². The highest BCUT2D eigenvalue weighted by Crippen LogP contribution is 2.26. The molecular weight excluding hydrogens is 238 g/mol. The molecule has 0 spiro atoms. The van der Waals surface area contributed by atoms with Crippen molar-refractivity contribution in [1.29, 1.82) is 0 Å². The number of nitrogens with one attached hydrogen (secondary N) is 1. The van der Waals surface area contributed by atoms with Gasteiger partial charge in [0.05, 0.1) is 0 Å². The third-order valence-corrected chi connectivity index (χ3v) is 5.03. The molecule has 0 unspecified atom stereocenters. The van der Waals surface area contributed by atoms with E-state index in [-0.39, 0.29) is 0 Å². The van der Waals surface area contributed by atoms with E-state index < -0.39 is 10.8 Å². The van der Waals surface area contributed by atoms with Crippen molar-refractivity contribution in [3.8, 4) is 0 Å². The van der Waals surface area contributed by atoms with E-state index in [1.54, 1.807) is 11.8 Å². The van der Waals surface area contributed by atoms with Gasteiger partial charge in [0.1, 0.15) is 0 Å². The van der Waals surface area contributed by atoms with Crippen LogP contribution in [0, 0.1) is 0 Å². The van der Waals surface area contributed by atoms with Crippen LogP contribution in [-0.2, 0) is 10.8 Å². The van der Waals surface area contributed by atoms with E-state index in [0.717, 1.165) is 24.3 Å². The Labute approximate surface area is 104 Å². The van der Waals surface area contributed by atoms with Gasteiger partial charge in [-0.1, -0.05) is 12.1 Å². The molecule has 1 fully saturated rings. The normalized spacial score (nSPS) is 25.3. The Balaban J connectivity index is 2.00. The summed E-state index contributed by atoms with van der Waals surface area (Å²) >= 11 is 1.76. The molecule has 0 atom stereocenters. The monoisotopic (exact) mass is 255 g/mol. The van der Waals surface area contributed by atoms with Crippen molar-refractivity contribution in [2.75, 3.05) is 23.1 Å². The first-order valence-electron chi connectivity index (χ1n) is 5.54. The Kier molecular flexibility index (Phi) is 4.29. The second-order valence-electron chi connectivity index (χ2n) is 3.97. The summed E-state index contributed by atoms with van der Waals surface area (Å²) in [7, 11) is -0.571. The quantitative estimate of drug-likeness (QED) is 0.842. The lowest BCUT2D eigenvalue weighted by molar-refractivity contribution is 0.623. The number of para-hydroxylation sites is 1. The fourth-order valence-electron chi connectivity index (χ4n) is 1.92. The summed E-state index contributed by atoms with van der Waals surface area (Å²) < 4.78 is 11.3. The van der Waals surface area contributed by atoms with Gasteiger partial charge < -0.3 is 5.32 Å². The van der Waals surface area contributed by atoms with Crippen molar-refractivity contribution in [3.63, 3.8) is 0 Å². The summed E-state index contributed by atoms with van der Waals surface area (Å²) in [6.07, 6.45) is 4.14. The highest BCUT2D eigenvalue weighted by atomic mass is 32.2. The van der Waals surface area contributed by atoms with E-state index in [4.69, 9.17) is 0 Å². The Morgan fingerprint density at radius 2 is 2.00 bits per heavy atom. The van der Waals surface area contributed by atoms with Crippen LogP contribution in [-0.4, -0.2) is 28.0 Å². The van der Waals surface area contributed by atoms with Gasteiger partial charge in [0.15, 0.2) is 0 Å². The highest BCUT2D eigenvalue weighted by Gasteiger charge is 2.18. The van der Waals surface area contributed by atoms with Crippen molar-refractivity contribution in [1.82, 2.24) is 0 Å². The molecule has 4 heteroatoms. The zero-order valence-electron chi connectivity index (χ0n) is 9.44. The van der Waals surface area contributed by atoms with Crippen LogP contribution < -0.4 is 5.32 Å². The zero-order chi connectivity index (χ0) is 11.4. The molecule has 1 aliphatic heterocycles. The fraction of sp³-hybridized carbons (Fsp3) is 0.500. The largest absolute Gasteiger partial charge is 0.381 e. The maximum Gasteiger partial charge on any atom is 0.0480 e. The molecule has 88 valence electrons. The van der Waals surface area contributed by atoms with Crippen LogP contribution in [0.25, 0.3) is 0 Å².